The molecule has 6 heteroatoms. The number of hydrogen-bond donors (Lipinski definition) is 1. The molecule has 1 fully saturated rings. The fraction of sp³-hybridized carbons (Fsp3) is 0.304. The summed E-state index contributed by atoms with van der Waals surface area (Å²) in [7, 11) is 0. The van der Waals surface area contributed by atoms with Crippen LogP contribution in [0.25, 0.3) is 0 Å². The predicted molar refractivity (Wildman–Crippen MR) is 113 cm³/mol. The van der Waals surface area contributed by atoms with Gasteiger partial charge in [-0.3, -0.25) is 9.69 Å². The molecule has 4 nitrogen and oxygen atoms in total. The average molecular weight is 410 g/mol. The Bertz CT molecular complexity index is 915. The fourth-order valence-electron chi connectivity index (χ4n) is 3.94. The number of rotatable bonds is 6. The Hall–Kier alpha value is -2.57. The number of halogens is 1. The first-order valence-corrected chi connectivity index (χ1v) is 10.8. The van der Waals surface area contributed by atoms with E-state index in [4.69, 9.17) is 0 Å². The number of likely N-dealkylation sites (tertiary alicyclic amines) is 1. The number of benzene rings is 2. The molecule has 4 rings (SSSR count). The third kappa shape index (κ3) is 5.08. The molecular weight excluding hydrogens is 385 g/mol. The number of nitrogens with zero attached hydrogens (tertiary/aromatic N) is 2. The van der Waals surface area contributed by atoms with Crippen molar-refractivity contribution in [3.8, 4) is 0 Å². The van der Waals surface area contributed by atoms with Crippen LogP contribution in [0.1, 0.15) is 39.8 Å². The second-order valence-corrected chi connectivity index (χ2v) is 8.38. The topological polar surface area (TPSA) is 45.2 Å². The molecule has 0 saturated carbocycles. The molecule has 2 heterocycles. The minimum Gasteiger partial charge on any atom is -0.342 e. The van der Waals surface area contributed by atoms with Crippen molar-refractivity contribution < 1.29 is 9.18 Å². The van der Waals surface area contributed by atoms with Crippen LogP contribution in [0, 0.1) is 11.7 Å². The number of amides is 1. The van der Waals surface area contributed by atoms with Crippen LogP contribution in [0.4, 0.5) is 4.39 Å². The van der Waals surface area contributed by atoms with Crippen molar-refractivity contribution in [2.45, 2.75) is 25.4 Å². The number of nitrogens with one attached hydrogen (secondary N) is 1. The van der Waals surface area contributed by atoms with E-state index in [1.54, 1.807) is 17.5 Å². The van der Waals surface area contributed by atoms with Gasteiger partial charge in [-0.25, -0.2) is 9.37 Å². The molecule has 0 bridgehead atoms. The molecule has 29 heavy (non-hydrogen) atoms. The summed E-state index contributed by atoms with van der Waals surface area (Å²) in [6.45, 7) is 2.66. The van der Waals surface area contributed by atoms with Crippen LogP contribution >= 0.6 is 11.3 Å². The Labute approximate surface area is 174 Å². The van der Waals surface area contributed by atoms with Gasteiger partial charge in [-0.2, -0.15) is 0 Å². The lowest BCUT2D eigenvalue weighted by molar-refractivity contribution is 0.0878. The first-order valence-electron chi connectivity index (χ1n) is 9.91. The van der Waals surface area contributed by atoms with Crippen molar-refractivity contribution >= 4 is 17.2 Å². The summed E-state index contributed by atoms with van der Waals surface area (Å²) >= 11 is 1.58. The first-order chi connectivity index (χ1) is 14.2. The zero-order valence-corrected chi connectivity index (χ0v) is 16.9. The molecular formula is C23H24FN3OS. The SMILES string of the molecule is O=C(N[C@@H](c1nccs1)[C@@H]1CCCN(Cc2ccc(F)cc2)C1)c1ccccc1. The van der Waals surface area contributed by atoms with E-state index in [9.17, 15) is 9.18 Å². The van der Waals surface area contributed by atoms with E-state index in [0.717, 1.165) is 43.0 Å². The van der Waals surface area contributed by atoms with Crippen LogP contribution in [-0.4, -0.2) is 28.9 Å². The van der Waals surface area contributed by atoms with Gasteiger partial charge >= 0.3 is 0 Å². The van der Waals surface area contributed by atoms with E-state index in [1.807, 2.05) is 47.8 Å². The Morgan fingerprint density at radius 2 is 2.00 bits per heavy atom. The molecule has 0 spiro atoms. The van der Waals surface area contributed by atoms with Crippen molar-refractivity contribution in [2.24, 2.45) is 5.92 Å². The number of hydrogen-bond acceptors (Lipinski definition) is 4. The van der Waals surface area contributed by atoms with Crippen LogP contribution in [0.2, 0.25) is 0 Å². The van der Waals surface area contributed by atoms with Crippen LogP contribution in [-0.2, 0) is 6.54 Å². The summed E-state index contributed by atoms with van der Waals surface area (Å²) in [5.74, 6) is 0.00203. The third-order valence-corrected chi connectivity index (χ3v) is 6.23. The van der Waals surface area contributed by atoms with Crippen LogP contribution < -0.4 is 5.32 Å². The lowest BCUT2D eigenvalue weighted by Gasteiger charge is -2.36. The Morgan fingerprint density at radius 3 is 2.72 bits per heavy atom. The molecule has 1 N–H and O–H groups in total. The number of thiazole rings is 1. The van der Waals surface area contributed by atoms with Gasteiger partial charge in [0.15, 0.2) is 0 Å². The number of carbonyl (C=O) groups is 1. The Balaban J connectivity index is 1.48. The highest BCUT2D eigenvalue weighted by molar-refractivity contribution is 7.09. The molecule has 1 aromatic heterocycles. The van der Waals surface area contributed by atoms with Crippen LogP contribution in [0.5, 0.6) is 0 Å². The normalized spacial score (nSPS) is 18.3. The van der Waals surface area contributed by atoms with E-state index in [2.05, 4.69) is 15.2 Å². The molecule has 2 atom stereocenters. The van der Waals surface area contributed by atoms with E-state index >= 15 is 0 Å². The third-order valence-electron chi connectivity index (χ3n) is 5.37. The van der Waals surface area contributed by atoms with Gasteiger partial charge in [-0.15, -0.1) is 11.3 Å². The average Bonchev–Trinajstić information content (AvgIpc) is 3.29. The maximum absolute atomic E-state index is 13.2. The van der Waals surface area contributed by atoms with Gasteiger partial charge in [-0.05, 0) is 55.1 Å². The largest absolute Gasteiger partial charge is 0.342 e. The van der Waals surface area contributed by atoms with E-state index in [1.165, 1.54) is 12.1 Å². The number of aromatic nitrogens is 1. The molecule has 1 amide bonds. The summed E-state index contributed by atoms with van der Waals surface area (Å²) in [6, 6.07) is 15.9. The fourth-order valence-corrected chi connectivity index (χ4v) is 4.72. The molecule has 2 aromatic carbocycles. The Kier molecular flexibility index (Phi) is 6.32. The van der Waals surface area contributed by atoms with Crippen molar-refractivity contribution in [1.29, 1.82) is 0 Å². The molecule has 1 aliphatic rings. The van der Waals surface area contributed by atoms with Crippen LogP contribution in [0.3, 0.4) is 0 Å². The molecule has 0 aliphatic carbocycles. The standard InChI is InChI=1S/C23H24FN3OS/c24-20-10-8-17(9-11-20)15-27-13-4-7-19(16-27)21(23-25-12-14-29-23)26-22(28)18-5-2-1-3-6-18/h1-3,5-6,8-12,14,19,21H,4,7,13,15-16H2,(H,26,28)/t19-,21-/m1/s1. The maximum Gasteiger partial charge on any atom is 0.251 e. The minimum atomic E-state index is -0.210. The lowest BCUT2D eigenvalue weighted by Crippen LogP contribution is -2.42. The zero-order valence-electron chi connectivity index (χ0n) is 16.1. The first kappa shape index (κ1) is 19.7. The second-order valence-electron chi connectivity index (χ2n) is 7.45. The summed E-state index contributed by atoms with van der Waals surface area (Å²) in [5.41, 5.74) is 1.76. The van der Waals surface area contributed by atoms with E-state index < -0.39 is 0 Å². The predicted octanol–water partition coefficient (Wildman–Crippen LogP) is 4.67. The molecule has 0 unspecified atom stereocenters. The minimum absolute atomic E-state index is 0.0681. The smallest absolute Gasteiger partial charge is 0.251 e. The highest BCUT2D eigenvalue weighted by Gasteiger charge is 2.31. The van der Waals surface area contributed by atoms with Crippen molar-refractivity contribution in [1.82, 2.24) is 15.2 Å². The highest BCUT2D eigenvalue weighted by Crippen LogP contribution is 2.32. The van der Waals surface area contributed by atoms with Crippen molar-refractivity contribution in [3.05, 3.63) is 88.1 Å². The molecule has 1 saturated heterocycles. The number of piperidine rings is 1. The Morgan fingerprint density at radius 1 is 1.21 bits per heavy atom. The van der Waals surface area contributed by atoms with Crippen molar-refractivity contribution in [2.75, 3.05) is 13.1 Å². The monoisotopic (exact) mass is 409 g/mol. The van der Waals surface area contributed by atoms with Gasteiger partial charge in [0.05, 0.1) is 6.04 Å². The summed E-state index contributed by atoms with van der Waals surface area (Å²) < 4.78 is 13.2. The second kappa shape index (κ2) is 9.29. The molecule has 150 valence electrons. The highest BCUT2D eigenvalue weighted by atomic mass is 32.1. The number of carbonyl (C=O) groups excluding carboxylic acids is 1. The summed E-state index contributed by atoms with van der Waals surface area (Å²) in [6.07, 6.45) is 3.90. The van der Waals surface area contributed by atoms with Gasteiger partial charge in [-0.1, -0.05) is 30.3 Å². The zero-order chi connectivity index (χ0) is 20.1. The van der Waals surface area contributed by atoms with Gasteiger partial charge in [0.2, 0.25) is 0 Å². The summed E-state index contributed by atoms with van der Waals surface area (Å²) in [4.78, 5) is 19.7. The lowest BCUT2D eigenvalue weighted by atomic mass is 9.90. The van der Waals surface area contributed by atoms with Crippen molar-refractivity contribution in [3.63, 3.8) is 0 Å². The molecule has 0 radical (unpaired) electrons. The van der Waals surface area contributed by atoms with Gasteiger partial charge < -0.3 is 5.32 Å². The van der Waals surface area contributed by atoms with Gasteiger partial charge in [0.1, 0.15) is 10.8 Å². The van der Waals surface area contributed by atoms with Gasteiger partial charge in [0, 0.05) is 30.2 Å². The van der Waals surface area contributed by atoms with E-state index in [0.29, 0.717) is 5.56 Å². The quantitative estimate of drug-likeness (QED) is 0.644. The van der Waals surface area contributed by atoms with Crippen LogP contribution in [0.15, 0.2) is 66.2 Å². The molecule has 3 aromatic rings. The summed E-state index contributed by atoms with van der Waals surface area (Å²) in [5, 5.41) is 6.13. The maximum atomic E-state index is 13.2. The van der Waals surface area contributed by atoms with Gasteiger partial charge in [0.25, 0.3) is 5.91 Å². The van der Waals surface area contributed by atoms with E-state index in [-0.39, 0.29) is 23.7 Å². The molecule has 1 aliphatic heterocycles.